The molecule has 17 nitrogen and oxygen atoms in total. The van der Waals surface area contributed by atoms with Gasteiger partial charge >= 0.3 is 7.60 Å². The number of carbonyl (C=O) groups is 1. The van der Waals surface area contributed by atoms with Crippen LogP contribution in [-0.2, 0) is 44.0 Å². The highest BCUT2D eigenvalue weighted by Gasteiger charge is 2.38. The molecule has 3 heterocycles. The molecule has 1 aliphatic heterocycles. The van der Waals surface area contributed by atoms with Gasteiger partial charge in [0.25, 0.3) is 0 Å². The zero-order valence-corrected chi connectivity index (χ0v) is 30.9. The largest absolute Gasteiger partial charge is 0.377 e. The summed E-state index contributed by atoms with van der Waals surface area (Å²) < 4.78 is 46.4. The molecule has 3 aromatic rings. The molecule has 5 rings (SSSR count). The number of rotatable bonds is 22. The Kier molecular flexibility index (Phi) is 15.6. The van der Waals surface area contributed by atoms with Crippen LogP contribution in [0.5, 0.6) is 0 Å². The second kappa shape index (κ2) is 20.0. The Bertz CT molecular complexity index is 1710. The number of benzene rings is 1. The van der Waals surface area contributed by atoms with Crippen molar-refractivity contribution in [3.05, 3.63) is 46.9 Å². The number of hydrogen-bond acceptors (Lipinski definition) is 14. The van der Waals surface area contributed by atoms with E-state index < -0.39 is 46.2 Å². The predicted octanol–water partition coefficient (Wildman–Crippen LogP) is 2.75. The zero-order chi connectivity index (χ0) is 36.9. The first-order valence-electron chi connectivity index (χ1n) is 16.7. The number of ether oxygens (including phenoxy) is 5. The van der Waals surface area contributed by atoms with E-state index in [4.69, 9.17) is 56.0 Å². The molecule has 5 atom stereocenters. The van der Waals surface area contributed by atoms with E-state index in [9.17, 15) is 14.3 Å². The molecule has 1 aromatic carbocycles. The van der Waals surface area contributed by atoms with Crippen molar-refractivity contribution in [3.63, 3.8) is 0 Å². The SMILES string of the molecule is C#CCOCCOCCOCCOCCNC(=O)C1Cc2ccccc2C1Nc1nc(Cl)nc2c1cnn2C1CCC(COP(=O)(O)CP(O)O)O1. The number of aromatic nitrogens is 4. The van der Waals surface area contributed by atoms with Gasteiger partial charge in [0, 0.05) is 6.54 Å². The van der Waals surface area contributed by atoms with E-state index in [1.165, 1.54) is 0 Å². The van der Waals surface area contributed by atoms with Crippen molar-refractivity contribution in [3.8, 4) is 12.3 Å². The Morgan fingerprint density at radius 3 is 2.52 bits per heavy atom. The van der Waals surface area contributed by atoms with E-state index in [1.807, 2.05) is 24.3 Å². The lowest BCUT2D eigenvalue weighted by molar-refractivity contribution is -0.125. The molecule has 20 heteroatoms. The van der Waals surface area contributed by atoms with Gasteiger partial charge in [-0.3, -0.25) is 9.36 Å². The Morgan fingerprint density at radius 2 is 1.79 bits per heavy atom. The van der Waals surface area contributed by atoms with Gasteiger partial charge in [-0.05, 0) is 42.0 Å². The van der Waals surface area contributed by atoms with E-state index in [2.05, 4.69) is 31.6 Å². The predicted molar refractivity (Wildman–Crippen MR) is 191 cm³/mol. The number of terminal acetylenes is 1. The number of hydrogen-bond donors (Lipinski definition) is 5. The van der Waals surface area contributed by atoms with Crippen molar-refractivity contribution in [1.82, 2.24) is 25.1 Å². The molecular formula is C32H43ClN6O11P2. The van der Waals surface area contributed by atoms with Crippen LogP contribution in [0.3, 0.4) is 0 Å². The highest BCUT2D eigenvalue weighted by molar-refractivity contribution is 7.67. The minimum atomic E-state index is -4.17. The molecule has 52 heavy (non-hydrogen) atoms. The van der Waals surface area contributed by atoms with Gasteiger partial charge in [-0.1, -0.05) is 30.2 Å². The normalized spacial score (nSPS) is 20.9. The summed E-state index contributed by atoms with van der Waals surface area (Å²) in [5.74, 6) is 1.46. The molecule has 0 bridgehead atoms. The molecule has 0 radical (unpaired) electrons. The van der Waals surface area contributed by atoms with Gasteiger partial charge in [0.1, 0.15) is 18.3 Å². The molecule has 284 valence electrons. The highest BCUT2D eigenvalue weighted by Crippen LogP contribution is 2.51. The average molecular weight is 785 g/mol. The number of nitrogens with one attached hydrogen (secondary N) is 2. The van der Waals surface area contributed by atoms with Crippen LogP contribution in [0.4, 0.5) is 5.82 Å². The van der Waals surface area contributed by atoms with Gasteiger partial charge in [0.2, 0.25) is 11.2 Å². The molecule has 1 saturated heterocycles. The van der Waals surface area contributed by atoms with Crippen LogP contribution in [-0.4, -0.2) is 118 Å². The fraction of sp³-hybridized carbons (Fsp3) is 0.562. The fourth-order valence-corrected chi connectivity index (χ4v) is 8.11. The maximum Gasteiger partial charge on any atom is 0.337 e. The third kappa shape index (κ3) is 11.6. The molecule has 1 amide bonds. The first-order chi connectivity index (χ1) is 25.1. The minimum Gasteiger partial charge on any atom is -0.377 e. The van der Waals surface area contributed by atoms with E-state index in [1.54, 1.807) is 10.9 Å². The fourth-order valence-electron chi connectivity index (χ4n) is 5.94. The van der Waals surface area contributed by atoms with Crippen LogP contribution >= 0.6 is 27.6 Å². The molecule has 5 unspecified atom stereocenters. The maximum atomic E-state index is 13.5. The van der Waals surface area contributed by atoms with Gasteiger partial charge in [0.15, 0.2) is 20.3 Å². The Balaban J connectivity index is 1.13. The zero-order valence-electron chi connectivity index (χ0n) is 28.3. The standard InChI is InChI=1S/C32H43ClN6O11P2/c1-2-10-45-12-14-47-16-17-48-15-13-46-11-9-34-31(40)25-18-22-5-3-4-6-24(22)28(25)36-29-26-19-35-39(30(26)38-32(33)37-29)27-8-7-23(50-27)20-49-52(43,44)21-51(41)42/h1,3-6,19,23,25,27-28,41-42H,7-18,20-21H2,(H,34,40)(H,43,44)(H,36,37,38). The van der Waals surface area contributed by atoms with Crippen LogP contribution in [0, 0.1) is 18.3 Å². The summed E-state index contributed by atoms with van der Waals surface area (Å²) in [5, 5.41) is 11.5. The lowest BCUT2D eigenvalue weighted by Gasteiger charge is -2.22. The number of anilines is 1. The van der Waals surface area contributed by atoms with E-state index >= 15 is 0 Å². The molecule has 1 aliphatic carbocycles. The number of carbonyl (C=O) groups excluding carboxylic acids is 1. The molecule has 1 fully saturated rings. The van der Waals surface area contributed by atoms with Gasteiger partial charge in [-0.15, -0.1) is 6.42 Å². The van der Waals surface area contributed by atoms with Crippen molar-refractivity contribution in [2.75, 3.05) is 77.2 Å². The summed E-state index contributed by atoms with van der Waals surface area (Å²) in [7, 11) is -6.75. The van der Waals surface area contributed by atoms with Crippen molar-refractivity contribution < 1.29 is 52.2 Å². The summed E-state index contributed by atoms with van der Waals surface area (Å²) in [6, 6.07) is 7.41. The maximum absolute atomic E-state index is 13.5. The van der Waals surface area contributed by atoms with Crippen LogP contribution in [0.1, 0.15) is 36.2 Å². The topological polar surface area (TPSA) is 218 Å². The monoisotopic (exact) mass is 784 g/mol. The Labute approximate surface area is 307 Å². The first kappa shape index (κ1) is 40.4. The molecule has 2 aromatic heterocycles. The number of amides is 1. The van der Waals surface area contributed by atoms with Gasteiger partial charge in [-0.2, -0.15) is 15.1 Å². The summed E-state index contributed by atoms with van der Waals surface area (Å²) in [5.41, 5.74) is 2.41. The van der Waals surface area contributed by atoms with Crippen LogP contribution in [0.15, 0.2) is 30.5 Å². The van der Waals surface area contributed by atoms with Crippen molar-refractivity contribution in [1.29, 1.82) is 0 Å². The highest BCUT2D eigenvalue weighted by atomic mass is 35.5. The average Bonchev–Trinajstić information content (AvgIpc) is 3.84. The molecule has 0 spiro atoms. The van der Waals surface area contributed by atoms with E-state index in [0.29, 0.717) is 88.9 Å². The van der Waals surface area contributed by atoms with Crippen molar-refractivity contribution >= 4 is 50.3 Å². The van der Waals surface area contributed by atoms with E-state index in [0.717, 1.165) is 11.1 Å². The van der Waals surface area contributed by atoms with Crippen LogP contribution in [0.25, 0.3) is 11.0 Å². The molecule has 0 saturated carbocycles. The number of halogens is 1. The van der Waals surface area contributed by atoms with Gasteiger partial charge in [-0.25, -0.2) is 4.68 Å². The van der Waals surface area contributed by atoms with Crippen molar-refractivity contribution in [2.45, 2.75) is 37.6 Å². The molecule has 2 aliphatic rings. The van der Waals surface area contributed by atoms with Crippen LogP contribution in [0.2, 0.25) is 5.28 Å². The summed E-state index contributed by atoms with van der Waals surface area (Å²) in [6.45, 7) is 3.22. The summed E-state index contributed by atoms with van der Waals surface area (Å²) in [4.78, 5) is 50.4. The third-order valence-electron chi connectivity index (χ3n) is 8.26. The van der Waals surface area contributed by atoms with Gasteiger partial charge in [0.05, 0.1) is 82.5 Å². The lowest BCUT2D eigenvalue weighted by Crippen LogP contribution is -2.37. The number of nitrogens with zero attached hydrogens (tertiary/aromatic N) is 4. The number of fused-ring (bicyclic) bond motifs is 2. The third-order valence-corrected chi connectivity index (χ3v) is 11.4. The smallest absolute Gasteiger partial charge is 0.337 e. The van der Waals surface area contributed by atoms with Crippen LogP contribution < -0.4 is 10.6 Å². The summed E-state index contributed by atoms with van der Waals surface area (Å²) in [6.07, 6.45) is 7.13. The Morgan fingerprint density at radius 1 is 1.08 bits per heavy atom. The quantitative estimate of drug-likeness (QED) is 0.0428. The second-order valence-electron chi connectivity index (χ2n) is 11.9. The second-order valence-corrected chi connectivity index (χ2v) is 15.7. The Hall–Kier alpha value is -2.81. The van der Waals surface area contributed by atoms with E-state index in [-0.39, 0.29) is 24.4 Å². The first-order valence-corrected chi connectivity index (χ1v) is 20.3. The van der Waals surface area contributed by atoms with Crippen molar-refractivity contribution in [2.24, 2.45) is 5.92 Å². The van der Waals surface area contributed by atoms with Gasteiger partial charge < -0.3 is 53.5 Å². The lowest BCUT2D eigenvalue weighted by atomic mass is 9.99. The summed E-state index contributed by atoms with van der Waals surface area (Å²) >= 11 is 6.41. The minimum absolute atomic E-state index is 0.0352. The molecule has 5 N–H and O–H groups in total. The molecular weight excluding hydrogens is 742 g/mol.